The molecule has 1 atom stereocenters. The summed E-state index contributed by atoms with van der Waals surface area (Å²) in [6, 6.07) is 8.75. The second-order valence-electron chi connectivity index (χ2n) is 6.99. The zero-order valence-corrected chi connectivity index (χ0v) is 17.0. The lowest BCUT2D eigenvalue weighted by atomic mass is 9.89. The SMILES string of the molecule is COc1cc2c(cc1OC)C(=O)CC(C)(c1cc3cc(OC)c(OC)cc3o1)O2. The molecule has 1 unspecified atom stereocenters. The zero-order valence-electron chi connectivity index (χ0n) is 17.0. The summed E-state index contributed by atoms with van der Waals surface area (Å²) in [5.74, 6) is 3.03. The van der Waals surface area contributed by atoms with E-state index in [9.17, 15) is 4.79 Å². The molecule has 7 heteroatoms. The third-order valence-electron chi connectivity index (χ3n) is 5.16. The normalized spacial score (nSPS) is 18.2. The summed E-state index contributed by atoms with van der Waals surface area (Å²) < 4.78 is 33.6. The lowest BCUT2D eigenvalue weighted by Crippen LogP contribution is -2.36. The molecule has 1 aromatic heterocycles. The van der Waals surface area contributed by atoms with Gasteiger partial charge >= 0.3 is 0 Å². The van der Waals surface area contributed by atoms with Gasteiger partial charge in [0.05, 0.1) is 40.4 Å². The lowest BCUT2D eigenvalue weighted by molar-refractivity contribution is 0.0369. The summed E-state index contributed by atoms with van der Waals surface area (Å²) in [6.45, 7) is 1.83. The van der Waals surface area contributed by atoms with Crippen molar-refractivity contribution in [3.63, 3.8) is 0 Å². The molecule has 3 aromatic rings. The van der Waals surface area contributed by atoms with Crippen LogP contribution in [0, 0.1) is 0 Å². The minimum atomic E-state index is -0.969. The van der Waals surface area contributed by atoms with Crippen molar-refractivity contribution in [3.05, 3.63) is 41.7 Å². The number of Topliss-reactive ketones (excluding diaryl/α,β-unsaturated/α-hetero) is 1. The first-order valence-electron chi connectivity index (χ1n) is 9.06. The first-order chi connectivity index (χ1) is 13.9. The van der Waals surface area contributed by atoms with E-state index in [1.165, 1.54) is 14.2 Å². The Bertz CT molecular complexity index is 1060. The number of ketones is 1. The number of fused-ring (bicyclic) bond motifs is 2. The molecule has 2 heterocycles. The molecule has 1 aliphatic rings. The van der Waals surface area contributed by atoms with Crippen molar-refractivity contribution in [1.82, 2.24) is 0 Å². The maximum atomic E-state index is 12.9. The van der Waals surface area contributed by atoms with Gasteiger partial charge in [0.2, 0.25) is 0 Å². The van der Waals surface area contributed by atoms with Crippen LogP contribution >= 0.6 is 0 Å². The molecule has 4 rings (SSSR count). The maximum absolute atomic E-state index is 12.9. The first kappa shape index (κ1) is 19.0. The third-order valence-corrected chi connectivity index (χ3v) is 5.16. The van der Waals surface area contributed by atoms with Crippen LogP contribution in [0.25, 0.3) is 11.0 Å². The Balaban J connectivity index is 1.79. The van der Waals surface area contributed by atoms with E-state index in [-0.39, 0.29) is 12.2 Å². The molecule has 29 heavy (non-hydrogen) atoms. The molecule has 0 saturated carbocycles. The van der Waals surface area contributed by atoms with Crippen LogP contribution < -0.4 is 23.7 Å². The van der Waals surface area contributed by atoms with Gasteiger partial charge in [-0.1, -0.05) is 0 Å². The minimum Gasteiger partial charge on any atom is -0.493 e. The van der Waals surface area contributed by atoms with E-state index in [0.717, 1.165) is 5.39 Å². The number of carbonyl (C=O) groups excluding carboxylic acids is 1. The molecule has 0 saturated heterocycles. The summed E-state index contributed by atoms with van der Waals surface area (Å²) >= 11 is 0. The summed E-state index contributed by atoms with van der Waals surface area (Å²) in [4.78, 5) is 12.9. The van der Waals surface area contributed by atoms with Gasteiger partial charge < -0.3 is 28.1 Å². The van der Waals surface area contributed by atoms with Gasteiger partial charge in [-0.25, -0.2) is 0 Å². The molecule has 0 fully saturated rings. The van der Waals surface area contributed by atoms with Crippen LogP contribution in [0.4, 0.5) is 0 Å². The lowest BCUT2D eigenvalue weighted by Gasteiger charge is -2.33. The summed E-state index contributed by atoms with van der Waals surface area (Å²) in [5, 5.41) is 0.827. The largest absolute Gasteiger partial charge is 0.493 e. The van der Waals surface area contributed by atoms with E-state index in [2.05, 4.69) is 0 Å². The highest BCUT2D eigenvalue weighted by Crippen LogP contribution is 2.45. The van der Waals surface area contributed by atoms with E-state index in [1.807, 2.05) is 19.1 Å². The molecule has 0 radical (unpaired) electrons. The summed E-state index contributed by atoms with van der Waals surface area (Å²) in [7, 11) is 6.21. The molecule has 7 nitrogen and oxygen atoms in total. The van der Waals surface area contributed by atoms with Crippen molar-refractivity contribution in [1.29, 1.82) is 0 Å². The molecule has 2 aromatic carbocycles. The van der Waals surface area contributed by atoms with Crippen LogP contribution in [-0.4, -0.2) is 34.2 Å². The predicted molar refractivity (Wildman–Crippen MR) is 106 cm³/mol. The molecular formula is C22H22O7. The van der Waals surface area contributed by atoms with Crippen molar-refractivity contribution in [2.24, 2.45) is 0 Å². The van der Waals surface area contributed by atoms with Gasteiger partial charge in [0.25, 0.3) is 0 Å². The van der Waals surface area contributed by atoms with Crippen molar-refractivity contribution < 1.29 is 32.9 Å². The number of carbonyl (C=O) groups is 1. The second-order valence-corrected chi connectivity index (χ2v) is 6.99. The maximum Gasteiger partial charge on any atom is 0.171 e. The highest BCUT2D eigenvalue weighted by atomic mass is 16.5. The Hall–Kier alpha value is -3.35. The average Bonchev–Trinajstić information content (AvgIpc) is 3.15. The molecule has 0 amide bonds. The summed E-state index contributed by atoms with van der Waals surface area (Å²) in [5.41, 5.74) is 0.107. The standard InChI is InChI=1S/C22H22O7/c1-22(21-7-12-6-17(24-2)19(26-4)9-15(12)28-21)11-14(23)13-8-18(25-3)20(27-5)10-16(13)29-22/h6-10H,11H2,1-5H3. The molecular weight excluding hydrogens is 376 g/mol. The van der Waals surface area contributed by atoms with E-state index in [0.29, 0.717) is 45.7 Å². The fourth-order valence-electron chi connectivity index (χ4n) is 3.61. The van der Waals surface area contributed by atoms with E-state index < -0.39 is 5.60 Å². The van der Waals surface area contributed by atoms with Crippen LogP contribution in [0.1, 0.15) is 29.5 Å². The number of methoxy groups -OCH3 is 4. The highest BCUT2D eigenvalue weighted by molar-refractivity contribution is 6.01. The molecule has 1 aliphatic heterocycles. The van der Waals surface area contributed by atoms with Gasteiger partial charge in [-0.2, -0.15) is 0 Å². The summed E-state index contributed by atoms with van der Waals surface area (Å²) in [6.07, 6.45) is 0.129. The number of benzene rings is 2. The number of rotatable bonds is 5. The third kappa shape index (κ3) is 3.03. The van der Waals surface area contributed by atoms with Crippen LogP contribution in [0.3, 0.4) is 0 Å². The van der Waals surface area contributed by atoms with Crippen molar-refractivity contribution in [3.8, 4) is 28.7 Å². The van der Waals surface area contributed by atoms with Gasteiger partial charge in [0.1, 0.15) is 17.1 Å². The van der Waals surface area contributed by atoms with Gasteiger partial charge in [0, 0.05) is 17.5 Å². The second kappa shape index (κ2) is 6.92. The van der Waals surface area contributed by atoms with Crippen molar-refractivity contribution in [2.45, 2.75) is 18.9 Å². The average molecular weight is 398 g/mol. The molecule has 0 N–H and O–H groups in total. The molecule has 0 bridgehead atoms. The number of ether oxygens (including phenoxy) is 5. The van der Waals surface area contributed by atoms with Crippen molar-refractivity contribution >= 4 is 16.8 Å². The quantitative estimate of drug-likeness (QED) is 0.632. The first-order valence-corrected chi connectivity index (χ1v) is 9.06. The van der Waals surface area contributed by atoms with Crippen LogP contribution in [0.5, 0.6) is 28.7 Å². The number of furan rings is 1. The van der Waals surface area contributed by atoms with Crippen LogP contribution in [0.2, 0.25) is 0 Å². The smallest absolute Gasteiger partial charge is 0.171 e. The Morgan fingerprint density at radius 2 is 1.41 bits per heavy atom. The fraction of sp³-hybridized carbons (Fsp3) is 0.318. The zero-order chi connectivity index (χ0) is 20.8. The van der Waals surface area contributed by atoms with Gasteiger partial charge in [-0.05, 0) is 25.1 Å². The molecule has 152 valence electrons. The van der Waals surface area contributed by atoms with Crippen LogP contribution in [-0.2, 0) is 5.60 Å². The van der Waals surface area contributed by atoms with E-state index >= 15 is 0 Å². The number of hydrogen-bond acceptors (Lipinski definition) is 7. The fourth-order valence-corrected chi connectivity index (χ4v) is 3.61. The number of hydrogen-bond donors (Lipinski definition) is 0. The monoisotopic (exact) mass is 398 g/mol. The Labute approximate surface area is 168 Å². The topological polar surface area (TPSA) is 76.4 Å². The van der Waals surface area contributed by atoms with Gasteiger partial charge in [-0.3, -0.25) is 4.79 Å². The Morgan fingerprint density at radius 3 is 2.07 bits per heavy atom. The highest BCUT2D eigenvalue weighted by Gasteiger charge is 2.41. The Morgan fingerprint density at radius 1 is 0.828 bits per heavy atom. The van der Waals surface area contributed by atoms with E-state index in [1.54, 1.807) is 32.4 Å². The predicted octanol–water partition coefficient (Wildman–Crippen LogP) is 4.35. The van der Waals surface area contributed by atoms with Gasteiger partial charge in [0.15, 0.2) is 34.4 Å². The molecule has 0 aliphatic carbocycles. The minimum absolute atomic E-state index is 0.0645. The van der Waals surface area contributed by atoms with Crippen LogP contribution in [0.15, 0.2) is 34.7 Å². The molecule has 0 spiro atoms. The van der Waals surface area contributed by atoms with Crippen molar-refractivity contribution in [2.75, 3.05) is 28.4 Å². The van der Waals surface area contributed by atoms with Gasteiger partial charge in [-0.15, -0.1) is 0 Å². The van der Waals surface area contributed by atoms with E-state index in [4.69, 9.17) is 28.1 Å². The Kier molecular flexibility index (Phi) is 4.53.